The number of hydrogen-bond acceptors (Lipinski definition) is 5. The maximum atomic E-state index is 11.6. The van der Waals surface area contributed by atoms with Gasteiger partial charge in [-0.2, -0.15) is 0 Å². The average molecular weight is 307 g/mol. The Hall–Kier alpha value is -2.45. The van der Waals surface area contributed by atoms with Crippen LogP contribution < -0.4 is 10.6 Å². The van der Waals surface area contributed by atoms with Crippen LogP contribution in [0.25, 0.3) is 0 Å². The van der Waals surface area contributed by atoms with Gasteiger partial charge in [-0.25, -0.2) is 0 Å². The summed E-state index contributed by atoms with van der Waals surface area (Å²) < 4.78 is 0. The predicted octanol–water partition coefficient (Wildman–Crippen LogP) is -2.09. The third kappa shape index (κ3) is 8.67. The molecule has 0 saturated heterocycles. The Labute approximate surface area is 129 Å². The summed E-state index contributed by atoms with van der Waals surface area (Å²) in [7, 11) is 6.36. The molecule has 0 aromatic rings. The highest BCUT2D eigenvalue weighted by Gasteiger charge is 2.16. The molecule has 0 heterocycles. The van der Waals surface area contributed by atoms with Crippen LogP contribution in [-0.4, -0.2) is 68.6 Å². The third-order valence-corrected chi connectivity index (χ3v) is 2.58. The van der Waals surface area contributed by atoms with E-state index in [4.69, 9.17) is 7.85 Å². The van der Waals surface area contributed by atoms with Crippen LogP contribution in [0.3, 0.4) is 0 Å². The van der Waals surface area contributed by atoms with Gasteiger partial charge in [-0.15, -0.1) is 0 Å². The summed E-state index contributed by atoms with van der Waals surface area (Å²) in [5.74, 6) is -1.38. The molecule has 0 aliphatic carbocycles. The van der Waals surface area contributed by atoms with E-state index in [1.807, 2.05) is 0 Å². The normalized spacial score (nSPS) is 11.5. The molecule has 0 bridgehead atoms. The largest absolute Gasteiger partial charge is 0.348 e. The number of amides is 3. The summed E-state index contributed by atoms with van der Waals surface area (Å²) in [6, 6.07) is -0.831. The molecule has 0 aliphatic rings. The molecule has 0 rings (SSSR count). The molecule has 0 spiro atoms. The van der Waals surface area contributed by atoms with Crippen molar-refractivity contribution >= 4 is 37.5 Å². The van der Waals surface area contributed by atoms with Crippen molar-refractivity contribution < 1.29 is 24.0 Å². The second-order valence-corrected chi connectivity index (χ2v) is 4.48. The van der Waals surface area contributed by atoms with E-state index in [-0.39, 0.29) is 19.5 Å². The number of likely N-dealkylation sites (N-methyl/N-ethyl adjacent to an activating group) is 1. The fourth-order valence-electron chi connectivity index (χ4n) is 1.33. The van der Waals surface area contributed by atoms with Crippen LogP contribution in [-0.2, 0) is 24.0 Å². The van der Waals surface area contributed by atoms with Crippen molar-refractivity contribution in [2.45, 2.75) is 19.4 Å². The van der Waals surface area contributed by atoms with Gasteiger partial charge in [0.2, 0.25) is 17.7 Å². The van der Waals surface area contributed by atoms with Crippen molar-refractivity contribution in [2.75, 3.05) is 20.1 Å². The minimum Gasteiger partial charge on any atom is -0.348 e. The fourth-order valence-corrected chi connectivity index (χ4v) is 1.33. The molecule has 0 aromatic heterocycles. The number of nitrogens with zero attached hydrogens (tertiary/aromatic N) is 1. The topological polar surface area (TPSA) is 113 Å². The van der Waals surface area contributed by atoms with Gasteiger partial charge in [0.15, 0.2) is 7.85 Å². The molecule has 3 amide bonds. The summed E-state index contributed by atoms with van der Waals surface area (Å²) in [5, 5.41) is 4.68. The molecule has 2 N–H and O–H groups in total. The Morgan fingerprint density at radius 3 is 2.45 bits per heavy atom. The lowest BCUT2D eigenvalue weighted by Gasteiger charge is -2.17. The predicted molar refractivity (Wildman–Crippen MR) is 78.8 cm³/mol. The zero-order valence-corrected chi connectivity index (χ0v) is 12.5. The van der Waals surface area contributed by atoms with E-state index < -0.39 is 29.4 Å². The SMILES string of the molecule is [B]C(=O)CNC(=O)C(C)NC(=O)CCN(C)C(=O)/C=C\C=O. The van der Waals surface area contributed by atoms with Crippen molar-refractivity contribution in [3.63, 3.8) is 0 Å². The molecule has 1 unspecified atom stereocenters. The highest BCUT2D eigenvalue weighted by Crippen LogP contribution is 1.92. The number of allylic oxidation sites excluding steroid dienone is 1. The molecule has 8 nitrogen and oxygen atoms in total. The standard InChI is InChI=1S/C13H18BN3O5/c1-9(13(22)15-8-10(14)19)16-11(20)5-6-17(2)12(21)4-3-7-18/h3-4,7,9H,5-6,8H2,1-2H3,(H,15,22)(H,16,20)/b4-3-. The fraction of sp³-hybridized carbons (Fsp3) is 0.462. The molecular formula is C13H18BN3O5. The Bertz CT molecular complexity index is 478. The van der Waals surface area contributed by atoms with E-state index in [0.29, 0.717) is 6.29 Å². The molecule has 22 heavy (non-hydrogen) atoms. The maximum absolute atomic E-state index is 11.6. The Morgan fingerprint density at radius 1 is 1.27 bits per heavy atom. The van der Waals surface area contributed by atoms with E-state index in [2.05, 4.69) is 10.6 Å². The van der Waals surface area contributed by atoms with Crippen molar-refractivity contribution in [2.24, 2.45) is 0 Å². The summed E-state index contributed by atoms with van der Waals surface area (Å²) in [5.41, 5.74) is -0.685. The van der Waals surface area contributed by atoms with Gasteiger partial charge in [0.25, 0.3) is 0 Å². The van der Waals surface area contributed by atoms with Gasteiger partial charge >= 0.3 is 0 Å². The lowest BCUT2D eigenvalue weighted by Crippen LogP contribution is -2.46. The summed E-state index contributed by atoms with van der Waals surface area (Å²) in [6.07, 6.45) is 2.62. The van der Waals surface area contributed by atoms with E-state index in [9.17, 15) is 24.0 Å². The second kappa shape index (κ2) is 10.3. The molecule has 9 heteroatoms. The molecule has 0 aromatic carbocycles. The van der Waals surface area contributed by atoms with Crippen LogP contribution in [0.4, 0.5) is 0 Å². The molecule has 0 saturated carbocycles. The van der Waals surface area contributed by atoms with Crippen molar-refractivity contribution in [1.29, 1.82) is 0 Å². The monoisotopic (exact) mass is 307 g/mol. The van der Waals surface area contributed by atoms with Crippen molar-refractivity contribution in [3.05, 3.63) is 12.2 Å². The molecular weight excluding hydrogens is 289 g/mol. The van der Waals surface area contributed by atoms with Crippen LogP contribution in [0.2, 0.25) is 0 Å². The number of nitrogens with one attached hydrogen (secondary N) is 2. The number of rotatable bonds is 9. The number of carbonyl (C=O) groups excluding carboxylic acids is 5. The molecule has 118 valence electrons. The van der Waals surface area contributed by atoms with Crippen LogP contribution in [0, 0.1) is 0 Å². The first kappa shape index (κ1) is 19.6. The lowest BCUT2D eigenvalue weighted by atomic mass is 10.0. The smallest absolute Gasteiger partial charge is 0.246 e. The summed E-state index contributed by atoms with van der Waals surface area (Å²) in [4.78, 5) is 56.5. The number of hydrogen-bond donors (Lipinski definition) is 2. The van der Waals surface area contributed by atoms with Crippen molar-refractivity contribution in [3.8, 4) is 0 Å². The quantitative estimate of drug-likeness (QED) is 0.288. The summed E-state index contributed by atoms with van der Waals surface area (Å²) in [6.45, 7) is 1.28. The Morgan fingerprint density at radius 2 is 1.91 bits per heavy atom. The lowest BCUT2D eigenvalue weighted by molar-refractivity contribution is -0.130. The minimum atomic E-state index is -0.831. The highest BCUT2D eigenvalue weighted by molar-refractivity contribution is 6.58. The van der Waals surface area contributed by atoms with Crippen LogP contribution in [0.15, 0.2) is 12.2 Å². The second-order valence-electron chi connectivity index (χ2n) is 4.48. The maximum Gasteiger partial charge on any atom is 0.246 e. The zero-order chi connectivity index (χ0) is 17.1. The van der Waals surface area contributed by atoms with E-state index in [0.717, 1.165) is 12.2 Å². The minimum absolute atomic E-state index is 0.00932. The first-order chi connectivity index (χ1) is 10.3. The first-order valence-electron chi connectivity index (χ1n) is 6.50. The van der Waals surface area contributed by atoms with Crippen LogP contribution in [0.1, 0.15) is 13.3 Å². The van der Waals surface area contributed by atoms with E-state index in [1.165, 1.54) is 18.9 Å². The number of aldehydes is 1. The van der Waals surface area contributed by atoms with Crippen LogP contribution in [0.5, 0.6) is 0 Å². The number of carbonyl (C=O) groups is 5. The van der Waals surface area contributed by atoms with Gasteiger partial charge in [-0.3, -0.25) is 19.2 Å². The Balaban J connectivity index is 4.14. The molecule has 0 fully saturated rings. The van der Waals surface area contributed by atoms with Gasteiger partial charge in [0.1, 0.15) is 12.3 Å². The molecule has 1 atom stereocenters. The molecule has 2 radical (unpaired) electrons. The van der Waals surface area contributed by atoms with Gasteiger partial charge in [-0.1, -0.05) is 0 Å². The van der Waals surface area contributed by atoms with Gasteiger partial charge in [-0.05, 0) is 13.0 Å². The van der Waals surface area contributed by atoms with Gasteiger partial charge < -0.3 is 20.3 Å². The summed E-state index contributed by atoms with van der Waals surface area (Å²) >= 11 is 0. The van der Waals surface area contributed by atoms with E-state index in [1.54, 1.807) is 0 Å². The average Bonchev–Trinajstić information content (AvgIpc) is 2.47. The van der Waals surface area contributed by atoms with Gasteiger partial charge in [0, 0.05) is 26.1 Å². The zero-order valence-electron chi connectivity index (χ0n) is 12.5. The van der Waals surface area contributed by atoms with Crippen molar-refractivity contribution in [1.82, 2.24) is 15.5 Å². The molecule has 0 aliphatic heterocycles. The highest BCUT2D eigenvalue weighted by atomic mass is 16.2. The van der Waals surface area contributed by atoms with Crippen LogP contribution >= 0.6 is 0 Å². The van der Waals surface area contributed by atoms with E-state index >= 15 is 0 Å². The van der Waals surface area contributed by atoms with Gasteiger partial charge in [0.05, 0.1) is 12.2 Å². The Kier molecular flexibility index (Phi) is 9.16. The third-order valence-electron chi connectivity index (χ3n) is 2.58. The first-order valence-corrected chi connectivity index (χ1v) is 6.50.